The third kappa shape index (κ3) is 7.06. The summed E-state index contributed by atoms with van der Waals surface area (Å²) in [4.78, 5) is 21.3. The summed E-state index contributed by atoms with van der Waals surface area (Å²) >= 11 is 0. The first-order valence-electron chi connectivity index (χ1n) is 6.46. The van der Waals surface area contributed by atoms with Crippen LogP contribution in [0.25, 0.3) is 0 Å². The fraction of sp³-hybridized carbons (Fsp3) is 0.571. The second-order valence-corrected chi connectivity index (χ2v) is 4.41. The Bertz CT molecular complexity index is 342. The van der Waals surface area contributed by atoms with Crippen molar-refractivity contribution in [3.8, 4) is 0 Å². The minimum absolute atomic E-state index is 0.102. The van der Waals surface area contributed by atoms with Crippen molar-refractivity contribution >= 4 is 11.9 Å². The fourth-order valence-corrected chi connectivity index (χ4v) is 1.81. The van der Waals surface area contributed by atoms with Gasteiger partial charge in [-0.15, -0.1) is 6.58 Å². The number of carbonyl (C=O) groups excluding carboxylic acids is 2. The van der Waals surface area contributed by atoms with Gasteiger partial charge in [-0.2, -0.15) is 0 Å². The average Bonchev–Trinajstić information content (AvgIpc) is 2.59. The van der Waals surface area contributed by atoms with Crippen LogP contribution in [0.5, 0.6) is 0 Å². The summed E-state index contributed by atoms with van der Waals surface area (Å²) in [6, 6.07) is -0.322. The summed E-state index contributed by atoms with van der Waals surface area (Å²) in [5.74, 6) is -0.592. The van der Waals surface area contributed by atoms with Gasteiger partial charge in [-0.3, -0.25) is 9.59 Å². The zero-order valence-electron chi connectivity index (χ0n) is 11.7. The number of aliphatic hydroxyl groups excluding tert-OH is 2. The topological polar surface area (TPSA) is 95.9 Å². The maximum absolute atomic E-state index is 11.5. The van der Waals surface area contributed by atoms with Crippen LogP contribution in [0.1, 0.15) is 26.2 Å². The zero-order valence-corrected chi connectivity index (χ0v) is 11.7. The molecule has 1 aliphatic heterocycles. The van der Waals surface area contributed by atoms with Crippen LogP contribution in [0, 0.1) is 5.92 Å². The second-order valence-electron chi connectivity index (χ2n) is 4.41. The van der Waals surface area contributed by atoms with E-state index in [0.29, 0.717) is 6.42 Å². The molecular weight excluding hydrogens is 262 g/mol. The summed E-state index contributed by atoms with van der Waals surface area (Å²) in [7, 11) is 0. The molecule has 1 amide bonds. The minimum Gasteiger partial charge on any atom is -0.435 e. The molecule has 0 saturated carbocycles. The van der Waals surface area contributed by atoms with Gasteiger partial charge in [0, 0.05) is 6.92 Å². The molecule has 0 aromatic heterocycles. The average molecular weight is 285 g/mol. The molecule has 3 unspecified atom stereocenters. The number of rotatable bonds is 4. The Morgan fingerprint density at radius 1 is 1.55 bits per heavy atom. The van der Waals surface area contributed by atoms with Crippen molar-refractivity contribution in [1.29, 1.82) is 0 Å². The first-order valence-corrected chi connectivity index (χ1v) is 6.46. The van der Waals surface area contributed by atoms with Crippen LogP contribution in [-0.2, 0) is 14.3 Å². The van der Waals surface area contributed by atoms with E-state index in [1.807, 2.05) is 0 Å². The maximum Gasteiger partial charge on any atom is 0.307 e. The van der Waals surface area contributed by atoms with Crippen LogP contribution in [0.3, 0.4) is 0 Å². The number of carbonyl (C=O) groups is 2. The first-order chi connectivity index (χ1) is 9.46. The van der Waals surface area contributed by atoms with E-state index in [1.54, 1.807) is 6.08 Å². The lowest BCUT2D eigenvalue weighted by Crippen LogP contribution is -2.45. The predicted molar refractivity (Wildman–Crippen MR) is 74.5 cm³/mol. The highest BCUT2D eigenvalue weighted by Crippen LogP contribution is 2.17. The predicted octanol–water partition coefficient (Wildman–Crippen LogP) is 0.504. The fourth-order valence-electron chi connectivity index (χ4n) is 1.81. The number of ether oxygens (including phenoxy) is 1. The molecule has 0 radical (unpaired) electrons. The summed E-state index contributed by atoms with van der Waals surface area (Å²) < 4.78 is 4.17. The largest absolute Gasteiger partial charge is 0.435 e. The van der Waals surface area contributed by atoms with E-state index < -0.39 is 6.10 Å². The van der Waals surface area contributed by atoms with E-state index in [-0.39, 0.29) is 30.4 Å². The summed E-state index contributed by atoms with van der Waals surface area (Å²) in [6.45, 7) is 7.76. The van der Waals surface area contributed by atoms with Crippen LogP contribution >= 0.6 is 0 Å². The summed E-state index contributed by atoms with van der Waals surface area (Å²) in [5.41, 5.74) is 0. The third-order valence-corrected chi connectivity index (χ3v) is 2.88. The van der Waals surface area contributed by atoms with Gasteiger partial charge >= 0.3 is 5.97 Å². The van der Waals surface area contributed by atoms with Crippen molar-refractivity contribution < 1.29 is 24.5 Å². The molecule has 6 nitrogen and oxygen atoms in total. The molecule has 1 fully saturated rings. The Hall–Kier alpha value is -1.66. The number of amides is 1. The molecule has 20 heavy (non-hydrogen) atoms. The number of hydrogen-bond acceptors (Lipinski definition) is 5. The molecule has 0 aliphatic carbocycles. The van der Waals surface area contributed by atoms with Crippen molar-refractivity contribution in [2.45, 2.75) is 38.3 Å². The molecule has 3 N–H and O–H groups in total. The Morgan fingerprint density at radius 3 is 2.60 bits per heavy atom. The standard InChI is InChI=1S/C10H17NO3.C4H6O2/c1-2-7-4-3-5-8(9(13)6-12)11-10(7)14;1-3-6-4(2)5/h2,7-9,12-13H,1,3-6H2,(H,11,14);3H,1H2,2H3. The maximum atomic E-state index is 11.5. The van der Waals surface area contributed by atoms with Gasteiger partial charge in [-0.05, 0) is 12.8 Å². The van der Waals surface area contributed by atoms with E-state index in [0.717, 1.165) is 19.1 Å². The van der Waals surface area contributed by atoms with Crippen LogP contribution in [0.15, 0.2) is 25.5 Å². The normalized spacial score (nSPS) is 23.2. The van der Waals surface area contributed by atoms with Crippen LogP contribution in [0.2, 0.25) is 0 Å². The van der Waals surface area contributed by atoms with Gasteiger partial charge in [0.1, 0.15) is 0 Å². The molecule has 114 valence electrons. The molecule has 3 atom stereocenters. The summed E-state index contributed by atoms with van der Waals surface area (Å²) in [6.07, 6.45) is 4.20. The summed E-state index contributed by atoms with van der Waals surface area (Å²) in [5, 5.41) is 20.9. The van der Waals surface area contributed by atoms with E-state index >= 15 is 0 Å². The second kappa shape index (κ2) is 10.2. The SMILES string of the molecule is C=CC1CCCC(C(O)CO)NC1=O.C=COC(C)=O. The number of nitrogens with one attached hydrogen (secondary N) is 1. The molecule has 1 rings (SSSR count). The van der Waals surface area contributed by atoms with Gasteiger partial charge in [-0.1, -0.05) is 19.1 Å². The highest BCUT2D eigenvalue weighted by Gasteiger charge is 2.27. The van der Waals surface area contributed by atoms with E-state index in [9.17, 15) is 14.7 Å². The lowest BCUT2D eigenvalue weighted by Gasteiger charge is -2.20. The quantitative estimate of drug-likeness (QED) is 0.397. The van der Waals surface area contributed by atoms with Crippen LogP contribution in [0.4, 0.5) is 0 Å². The molecule has 1 saturated heterocycles. The van der Waals surface area contributed by atoms with Gasteiger partial charge in [0.2, 0.25) is 5.91 Å². The van der Waals surface area contributed by atoms with Crippen LogP contribution < -0.4 is 5.32 Å². The van der Waals surface area contributed by atoms with Crippen molar-refractivity contribution in [1.82, 2.24) is 5.32 Å². The lowest BCUT2D eigenvalue weighted by molar-refractivity contribution is -0.135. The van der Waals surface area contributed by atoms with Crippen molar-refractivity contribution in [2.24, 2.45) is 5.92 Å². The Labute approximate surface area is 119 Å². The van der Waals surface area contributed by atoms with Crippen molar-refractivity contribution in [2.75, 3.05) is 6.61 Å². The molecular formula is C14H23NO5. The highest BCUT2D eigenvalue weighted by molar-refractivity contribution is 5.80. The number of aliphatic hydroxyl groups is 2. The van der Waals surface area contributed by atoms with Gasteiger partial charge in [-0.25, -0.2) is 0 Å². The molecule has 6 heteroatoms. The molecule has 0 aromatic carbocycles. The monoisotopic (exact) mass is 285 g/mol. The van der Waals surface area contributed by atoms with Crippen molar-refractivity contribution in [3.05, 3.63) is 25.5 Å². The number of hydrogen-bond donors (Lipinski definition) is 3. The minimum atomic E-state index is -0.859. The van der Waals surface area contributed by atoms with Crippen molar-refractivity contribution in [3.63, 3.8) is 0 Å². The third-order valence-electron chi connectivity index (χ3n) is 2.88. The zero-order chi connectivity index (χ0) is 15.5. The van der Waals surface area contributed by atoms with E-state index in [1.165, 1.54) is 6.92 Å². The van der Waals surface area contributed by atoms with Gasteiger partial charge in [0.05, 0.1) is 30.9 Å². The number of esters is 1. The lowest BCUT2D eigenvalue weighted by atomic mass is 10.0. The van der Waals surface area contributed by atoms with Gasteiger partial charge < -0.3 is 20.3 Å². The first kappa shape index (κ1) is 18.3. The Kier molecular flexibility index (Phi) is 9.32. The Morgan fingerprint density at radius 2 is 2.20 bits per heavy atom. The van der Waals surface area contributed by atoms with Gasteiger partial charge in [0.15, 0.2) is 0 Å². The smallest absolute Gasteiger partial charge is 0.307 e. The molecule has 0 aromatic rings. The highest BCUT2D eigenvalue weighted by atomic mass is 16.5. The van der Waals surface area contributed by atoms with Gasteiger partial charge in [0.25, 0.3) is 0 Å². The van der Waals surface area contributed by atoms with Crippen LogP contribution in [-0.4, -0.2) is 40.8 Å². The Balaban J connectivity index is 0.000000511. The van der Waals surface area contributed by atoms with E-state index in [2.05, 4.69) is 23.2 Å². The van der Waals surface area contributed by atoms with E-state index in [4.69, 9.17) is 5.11 Å². The molecule has 0 bridgehead atoms. The molecule has 0 spiro atoms. The molecule has 1 aliphatic rings. The molecule has 1 heterocycles.